The first-order valence-electron chi connectivity index (χ1n) is 10.1. The minimum atomic E-state index is -0.503. The molecule has 3 aromatic rings. The van der Waals surface area contributed by atoms with Crippen molar-refractivity contribution in [3.63, 3.8) is 0 Å². The molecule has 32 heavy (non-hydrogen) atoms. The molecule has 1 heterocycles. The molecule has 0 aliphatic carbocycles. The summed E-state index contributed by atoms with van der Waals surface area (Å²) in [6, 6.07) is 14.8. The van der Waals surface area contributed by atoms with Crippen LogP contribution >= 0.6 is 0 Å². The van der Waals surface area contributed by atoms with Crippen molar-refractivity contribution in [1.29, 1.82) is 0 Å². The van der Waals surface area contributed by atoms with Crippen molar-refractivity contribution in [2.24, 2.45) is 0 Å². The highest BCUT2D eigenvalue weighted by Gasteiger charge is 2.19. The van der Waals surface area contributed by atoms with E-state index in [1.807, 2.05) is 62.4 Å². The number of nitrogens with two attached hydrogens (primary N) is 1. The zero-order valence-electron chi connectivity index (χ0n) is 18.3. The Morgan fingerprint density at radius 3 is 2.44 bits per heavy atom. The van der Waals surface area contributed by atoms with Gasteiger partial charge >= 0.3 is 5.97 Å². The normalized spacial score (nSPS) is 11.5. The van der Waals surface area contributed by atoms with E-state index in [-0.39, 0.29) is 36.7 Å². The Morgan fingerprint density at radius 1 is 1.03 bits per heavy atom. The van der Waals surface area contributed by atoms with E-state index >= 15 is 0 Å². The monoisotopic (exact) mass is 434 g/mol. The molecule has 2 aromatic carbocycles. The molecule has 0 bridgehead atoms. The van der Waals surface area contributed by atoms with E-state index in [1.54, 1.807) is 0 Å². The van der Waals surface area contributed by atoms with Crippen LogP contribution in [0.3, 0.4) is 0 Å². The minimum absolute atomic E-state index is 0.0120. The number of aryl methyl sites for hydroxylation is 2. The highest BCUT2D eigenvalue weighted by Crippen LogP contribution is 2.20. The summed E-state index contributed by atoms with van der Waals surface area (Å²) in [6.07, 6.45) is -0.0302. The van der Waals surface area contributed by atoms with Gasteiger partial charge in [0.25, 0.3) is 0 Å². The fourth-order valence-electron chi connectivity index (χ4n) is 3.06. The van der Waals surface area contributed by atoms with Crippen molar-refractivity contribution in [2.45, 2.75) is 39.8 Å². The lowest BCUT2D eigenvalue weighted by atomic mass is 10.0. The molecule has 0 fully saturated rings. The second-order valence-corrected chi connectivity index (χ2v) is 7.40. The van der Waals surface area contributed by atoms with E-state index in [4.69, 9.17) is 10.5 Å². The van der Waals surface area contributed by atoms with Crippen LogP contribution in [0.5, 0.6) is 0 Å². The van der Waals surface area contributed by atoms with Crippen LogP contribution in [0.25, 0.3) is 0 Å². The van der Waals surface area contributed by atoms with E-state index in [2.05, 4.69) is 25.6 Å². The van der Waals surface area contributed by atoms with E-state index < -0.39 is 12.0 Å². The molecule has 0 radical (unpaired) electrons. The minimum Gasteiger partial charge on any atom is -0.457 e. The molecule has 1 atom stereocenters. The topological polar surface area (TPSA) is 132 Å². The van der Waals surface area contributed by atoms with Crippen LogP contribution in [0.1, 0.15) is 41.9 Å². The number of hydrogen-bond donors (Lipinski definition) is 3. The summed E-state index contributed by atoms with van der Waals surface area (Å²) in [7, 11) is 0. The zero-order valence-corrected chi connectivity index (χ0v) is 18.3. The highest BCUT2D eigenvalue weighted by molar-refractivity contribution is 5.76. The lowest BCUT2D eigenvalue weighted by Gasteiger charge is -2.18. The smallest absolute Gasteiger partial charge is 0.308 e. The molecule has 1 aromatic heterocycles. The third-order valence-corrected chi connectivity index (χ3v) is 4.68. The number of benzene rings is 2. The van der Waals surface area contributed by atoms with Gasteiger partial charge in [0.2, 0.25) is 17.8 Å². The molecule has 9 heteroatoms. The van der Waals surface area contributed by atoms with E-state index in [0.717, 1.165) is 22.4 Å². The highest BCUT2D eigenvalue weighted by atomic mass is 16.5. The number of nitrogens with one attached hydrogen (secondary N) is 2. The number of para-hydroxylation sites is 1. The van der Waals surface area contributed by atoms with Gasteiger partial charge in [0.05, 0.1) is 12.5 Å². The van der Waals surface area contributed by atoms with Gasteiger partial charge in [-0.05, 0) is 31.0 Å². The maximum Gasteiger partial charge on any atom is 0.308 e. The van der Waals surface area contributed by atoms with Crippen molar-refractivity contribution in [1.82, 2.24) is 20.3 Å². The fourth-order valence-corrected chi connectivity index (χ4v) is 3.06. The molecule has 9 nitrogen and oxygen atoms in total. The molecule has 3 rings (SSSR count). The maximum atomic E-state index is 12.5. The number of ether oxygens (including phenoxy) is 1. The van der Waals surface area contributed by atoms with Gasteiger partial charge in [-0.3, -0.25) is 9.59 Å². The summed E-state index contributed by atoms with van der Waals surface area (Å²) in [4.78, 5) is 36.4. The van der Waals surface area contributed by atoms with E-state index in [0.29, 0.717) is 0 Å². The van der Waals surface area contributed by atoms with Gasteiger partial charge in [-0.2, -0.15) is 15.0 Å². The molecule has 4 N–H and O–H groups in total. The number of hydrogen-bond acceptors (Lipinski definition) is 8. The van der Waals surface area contributed by atoms with Gasteiger partial charge in [0.15, 0.2) is 12.4 Å². The molecular weight excluding hydrogens is 408 g/mol. The van der Waals surface area contributed by atoms with Gasteiger partial charge in [-0.15, -0.1) is 0 Å². The largest absolute Gasteiger partial charge is 0.457 e. The third-order valence-electron chi connectivity index (χ3n) is 4.68. The molecule has 0 spiro atoms. The maximum absolute atomic E-state index is 12.5. The first kappa shape index (κ1) is 22.7. The van der Waals surface area contributed by atoms with Crippen LogP contribution in [0.2, 0.25) is 0 Å². The average Bonchev–Trinajstić information content (AvgIpc) is 2.73. The molecule has 1 amide bonds. The average molecular weight is 435 g/mol. The molecule has 0 unspecified atom stereocenters. The molecule has 0 saturated heterocycles. The summed E-state index contributed by atoms with van der Waals surface area (Å²) in [6.45, 7) is 5.15. The fraction of sp³-hybridized carbons (Fsp3) is 0.261. The second-order valence-electron chi connectivity index (χ2n) is 7.40. The Kier molecular flexibility index (Phi) is 7.33. The standard InChI is InChI=1S/C23H26N6O3/c1-14-8-10-17(11-9-14)19(25-16(3)30)12-21(31)32-13-20-27-22(24)29-23(28-20)26-18-7-5-4-6-15(18)2/h4-11,19H,12-13H2,1-3H3,(H,25,30)(H3,24,26,27,28,29)/t19-/m0/s1. The van der Waals surface area contributed by atoms with Gasteiger partial charge in [-0.25, -0.2) is 0 Å². The van der Waals surface area contributed by atoms with Crippen LogP contribution in [-0.2, 0) is 20.9 Å². The summed E-state index contributed by atoms with van der Waals surface area (Å²) >= 11 is 0. The Hall–Kier alpha value is -4.01. The summed E-state index contributed by atoms with van der Waals surface area (Å²) < 4.78 is 5.34. The first-order chi connectivity index (χ1) is 15.3. The number of anilines is 3. The van der Waals surface area contributed by atoms with E-state index in [1.165, 1.54) is 6.92 Å². The number of esters is 1. The number of aromatic nitrogens is 3. The Bertz CT molecular complexity index is 1100. The first-order valence-corrected chi connectivity index (χ1v) is 10.1. The number of carbonyl (C=O) groups excluding carboxylic acids is 2. The number of nitrogen functional groups attached to an aromatic ring is 1. The van der Waals surface area contributed by atoms with Crippen LogP contribution in [0.15, 0.2) is 48.5 Å². The Morgan fingerprint density at radius 2 is 1.75 bits per heavy atom. The lowest BCUT2D eigenvalue weighted by Crippen LogP contribution is -2.28. The van der Waals surface area contributed by atoms with Crippen molar-refractivity contribution in [3.8, 4) is 0 Å². The predicted octanol–water partition coefficient (Wildman–Crippen LogP) is 3.12. The van der Waals surface area contributed by atoms with E-state index in [9.17, 15) is 9.59 Å². The Labute approximate surface area is 186 Å². The molecule has 0 aliphatic rings. The van der Waals surface area contributed by atoms with Crippen molar-refractivity contribution >= 4 is 29.5 Å². The molecule has 0 saturated carbocycles. The predicted molar refractivity (Wildman–Crippen MR) is 121 cm³/mol. The second kappa shape index (κ2) is 10.3. The van der Waals surface area contributed by atoms with Gasteiger partial charge in [-0.1, -0.05) is 48.0 Å². The van der Waals surface area contributed by atoms with Gasteiger partial charge in [0, 0.05) is 12.6 Å². The van der Waals surface area contributed by atoms with Crippen LogP contribution < -0.4 is 16.4 Å². The Balaban J connectivity index is 1.65. The number of rotatable bonds is 8. The van der Waals surface area contributed by atoms with Crippen LogP contribution in [0, 0.1) is 13.8 Å². The lowest BCUT2D eigenvalue weighted by molar-refractivity contribution is -0.146. The van der Waals surface area contributed by atoms with Gasteiger partial charge < -0.3 is 21.1 Å². The summed E-state index contributed by atoms with van der Waals surface area (Å²) in [5.74, 6) is -0.253. The number of amides is 1. The number of nitrogens with zero attached hydrogens (tertiary/aromatic N) is 3. The van der Waals surface area contributed by atoms with Crippen molar-refractivity contribution in [3.05, 3.63) is 71.0 Å². The quantitative estimate of drug-likeness (QED) is 0.461. The van der Waals surface area contributed by atoms with Crippen molar-refractivity contribution < 1.29 is 14.3 Å². The molecule has 0 aliphatic heterocycles. The van der Waals surface area contributed by atoms with Crippen LogP contribution in [0.4, 0.5) is 17.6 Å². The molecule has 166 valence electrons. The zero-order chi connectivity index (χ0) is 23.1. The third kappa shape index (κ3) is 6.49. The molecular formula is C23H26N6O3. The number of carbonyl (C=O) groups is 2. The SMILES string of the molecule is CC(=O)N[C@@H](CC(=O)OCc1nc(N)nc(Nc2ccccc2C)n1)c1ccc(C)cc1. The van der Waals surface area contributed by atoms with Crippen LogP contribution in [-0.4, -0.2) is 26.8 Å². The summed E-state index contributed by atoms with van der Waals surface area (Å²) in [5, 5.41) is 5.88. The summed E-state index contributed by atoms with van der Waals surface area (Å²) in [5.41, 5.74) is 9.54. The van der Waals surface area contributed by atoms with Gasteiger partial charge in [0.1, 0.15) is 0 Å². The van der Waals surface area contributed by atoms with Crippen molar-refractivity contribution in [2.75, 3.05) is 11.1 Å².